The molecule has 0 spiro atoms. The molecular formula is C13H15N3O3. The van der Waals surface area contributed by atoms with Crippen molar-refractivity contribution in [3.63, 3.8) is 0 Å². The first-order valence-electron chi connectivity index (χ1n) is 5.67. The van der Waals surface area contributed by atoms with Crippen molar-refractivity contribution < 1.29 is 14.2 Å². The smallest absolute Gasteiger partial charge is 0.242 e. The van der Waals surface area contributed by atoms with Gasteiger partial charge in [0.2, 0.25) is 5.88 Å². The van der Waals surface area contributed by atoms with Gasteiger partial charge in [0.25, 0.3) is 0 Å². The van der Waals surface area contributed by atoms with Crippen molar-refractivity contribution in [1.82, 2.24) is 9.97 Å². The summed E-state index contributed by atoms with van der Waals surface area (Å²) in [6.45, 7) is 0.254. The fourth-order valence-corrected chi connectivity index (χ4v) is 1.53. The lowest BCUT2D eigenvalue weighted by Crippen LogP contribution is -2.03. The van der Waals surface area contributed by atoms with E-state index >= 15 is 0 Å². The van der Waals surface area contributed by atoms with Crippen LogP contribution in [0.2, 0.25) is 0 Å². The third-order valence-corrected chi connectivity index (χ3v) is 2.47. The molecule has 100 valence electrons. The zero-order valence-corrected chi connectivity index (χ0v) is 10.8. The Kier molecular flexibility index (Phi) is 4.15. The number of hydrogen-bond acceptors (Lipinski definition) is 6. The molecule has 0 unspecified atom stereocenters. The molecular weight excluding hydrogens is 246 g/mol. The summed E-state index contributed by atoms with van der Waals surface area (Å²) in [5.41, 5.74) is 6.17. The van der Waals surface area contributed by atoms with Gasteiger partial charge in [0.1, 0.15) is 22.9 Å². The van der Waals surface area contributed by atoms with Gasteiger partial charge in [-0.15, -0.1) is 0 Å². The number of nitrogens with two attached hydrogens (primary N) is 1. The van der Waals surface area contributed by atoms with Crippen LogP contribution >= 0.6 is 0 Å². The van der Waals surface area contributed by atoms with E-state index in [1.54, 1.807) is 44.8 Å². The number of aromatic nitrogens is 2. The molecule has 0 amide bonds. The molecule has 0 saturated carbocycles. The summed E-state index contributed by atoms with van der Waals surface area (Å²) in [5.74, 6) is 2.19. The van der Waals surface area contributed by atoms with Crippen molar-refractivity contribution in [2.24, 2.45) is 5.73 Å². The second-order valence-electron chi connectivity index (χ2n) is 3.66. The summed E-state index contributed by atoms with van der Waals surface area (Å²) < 4.78 is 16.0. The van der Waals surface area contributed by atoms with Gasteiger partial charge in [-0.05, 0) is 0 Å². The minimum absolute atomic E-state index is 0.254. The first-order chi connectivity index (χ1) is 9.26. The molecule has 2 rings (SSSR count). The summed E-state index contributed by atoms with van der Waals surface area (Å²) >= 11 is 0. The second kappa shape index (κ2) is 6.01. The highest BCUT2D eigenvalue weighted by Gasteiger charge is 2.08. The molecule has 2 N–H and O–H groups in total. The Bertz CT molecular complexity index is 538. The number of rotatable bonds is 5. The molecule has 1 aromatic heterocycles. The predicted molar refractivity (Wildman–Crippen MR) is 69.5 cm³/mol. The predicted octanol–water partition coefficient (Wildman–Crippen LogP) is 1.74. The average Bonchev–Trinajstić information content (AvgIpc) is 2.47. The molecule has 0 aliphatic carbocycles. The SMILES string of the molecule is COc1cc(OC)cc(Oc2nccnc2CN)c1. The van der Waals surface area contributed by atoms with Crippen molar-refractivity contribution in [3.8, 4) is 23.1 Å². The Morgan fingerprint density at radius 2 is 1.53 bits per heavy atom. The van der Waals surface area contributed by atoms with Gasteiger partial charge >= 0.3 is 0 Å². The minimum Gasteiger partial charge on any atom is -0.496 e. The molecule has 1 aromatic carbocycles. The number of nitrogens with zero attached hydrogens (tertiary/aromatic N) is 2. The van der Waals surface area contributed by atoms with E-state index in [1.165, 1.54) is 0 Å². The van der Waals surface area contributed by atoms with Gasteiger partial charge < -0.3 is 19.9 Å². The average molecular weight is 261 g/mol. The van der Waals surface area contributed by atoms with Crippen LogP contribution in [0.5, 0.6) is 23.1 Å². The van der Waals surface area contributed by atoms with Crippen LogP contribution in [0.3, 0.4) is 0 Å². The molecule has 0 aliphatic rings. The number of ether oxygens (including phenoxy) is 3. The number of hydrogen-bond donors (Lipinski definition) is 1. The zero-order chi connectivity index (χ0) is 13.7. The van der Waals surface area contributed by atoms with E-state index < -0.39 is 0 Å². The molecule has 0 saturated heterocycles. The van der Waals surface area contributed by atoms with Crippen LogP contribution in [0.1, 0.15) is 5.69 Å². The van der Waals surface area contributed by atoms with Crippen LogP contribution in [0.25, 0.3) is 0 Å². The van der Waals surface area contributed by atoms with E-state index in [9.17, 15) is 0 Å². The number of benzene rings is 1. The van der Waals surface area contributed by atoms with Crippen molar-refractivity contribution in [1.29, 1.82) is 0 Å². The third kappa shape index (κ3) is 3.11. The summed E-state index contributed by atoms with van der Waals surface area (Å²) in [7, 11) is 3.15. The van der Waals surface area contributed by atoms with Crippen LogP contribution in [-0.4, -0.2) is 24.2 Å². The third-order valence-electron chi connectivity index (χ3n) is 2.47. The van der Waals surface area contributed by atoms with Gasteiger partial charge in [0.05, 0.1) is 14.2 Å². The van der Waals surface area contributed by atoms with E-state index in [2.05, 4.69) is 9.97 Å². The highest BCUT2D eigenvalue weighted by atomic mass is 16.5. The Hall–Kier alpha value is -2.34. The molecule has 0 radical (unpaired) electrons. The Morgan fingerprint density at radius 1 is 0.947 bits per heavy atom. The monoisotopic (exact) mass is 261 g/mol. The van der Waals surface area contributed by atoms with E-state index in [1.807, 2.05) is 0 Å². The van der Waals surface area contributed by atoms with Crippen LogP contribution in [0.4, 0.5) is 0 Å². The maximum absolute atomic E-state index is 5.67. The van der Waals surface area contributed by atoms with Crippen LogP contribution in [-0.2, 0) is 6.54 Å². The highest BCUT2D eigenvalue weighted by molar-refractivity contribution is 5.43. The summed E-state index contributed by atoms with van der Waals surface area (Å²) in [6, 6.07) is 5.22. The van der Waals surface area contributed by atoms with Crippen molar-refractivity contribution in [2.45, 2.75) is 6.54 Å². The number of methoxy groups -OCH3 is 2. The van der Waals surface area contributed by atoms with Gasteiger partial charge in [-0.2, -0.15) is 0 Å². The molecule has 6 nitrogen and oxygen atoms in total. The van der Waals surface area contributed by atoms with Crippen LogP contribution in [0.15, 0.2) is 30.6 Å². The quantitative estimate of drug-likeness (QED) is 0.883. The van der Waals surface area contributed by atoms with E-state index in [4.69, 9.17) is 19.9 Å². The van der Waals surface area contributed by atoms with Gasteiger partial charge in [0.15, 0.2) is 0 Å². The lowest BCUT2D eigenvalue weighted by molar-refractivity contribution is 0.384. The largest absolute Gasteiger partial charge is 0.496 e. The molecule has 0 aliphatic heterocycles. The van der Waals surface area contributed by atoms with Gasteiger partial charge in [-0.25, -0.2) is 4.98 Å². The van der Waals surface area contributed by atoms with Crippen molar-refractivity contribution >= 4 is 0 Å². The van der Waals surface area contributed by atoms with Gasteiger partial charge in [-0.1, -0.05) is 0 Å². The van der Waals surface area contributed by atoms with E-state index in [0.717, 1.165) is 0 Å². The highest BCUT2D eigenvalue weighted by Crippen LogP contribution is 2.30. The molecule has 0 bridgehead atoms. The molecule has 0 atom stereocenters. The fourth-order valence-electron chi connectivity index (χ4n) is 1.53. The molecule has 6 heteroatoms. The standard InChI is InChI=1S/C13H15N3O3/c1-17-9-5-10(18-2)7-11(6-9)19-13-12(8-14)15-3-4-16-13/h3-7H,8,14H2,1-2H3. The van der Waals surface area contributed by atoms with Crippen LogP contribution < -0.4 is 19.9 Å². The first-order valence-corrected chi connectivity index (χ1v) is 5.67. The summed E-state index contributed by atoms with van der Waals surface area (Å²) in [5, 5.41) is 0. The van der Waals surface area contributed by atoms with Crippen molar-refractivity contribution in [3.05, 3.63) is 36.3 Å². The Labute approximate surface area is 111 Å². The normalized spacial score (nSPS) is 10.1. The van der Waals surface area contributed by atoms with Gasteiger partial charge in [-0.3, -0.25) is 4.98 Å². The maximum Gasteiger partial charge on any atom is 0.242 e. The Morgan fingerprint density at radius 3 is 2.11 bits per heavy atom. The van der Waals surface area contributed by atoms with E-state index in [-0.39, 0.29) is 6.54 Å². The van der Waals surface area contributed by atoms with Crippen LogP contribution in [0, 0.1) is 0 Å². The molecule has 0 fully saturated rings. The lowest BCUT2D eigenvalue weighted by atomic mass is 10.3. The zero-order valence-electron chi connectivity index (χ0n) is 10.8. The topological polar surface area (TPSA) is 79.5 Å². The molecule has 2 aromatic rings. The first kappa shape index (κ1) is 13.1. The summed E-state index contributed by atoms with van der Waals surface area (Å²) in [6.07, 6.45) is 3.12. The molecule has 19 heavy (non-hydrogen) atoms. The van der Waals surface area contributed by atoms with Crippen molar-refractivity contribution in [2.75, 3.05) is 14.2 Å². The second-order valence-corrected chi connectivity index (χ2v) is 3.66. The Balaban J connectivity index is 2.32. The maximum atomic E-state index is 5.67. The molecule has 1 heterocycles. The van der Waals surface area contributed by atoms with E-state index in [0.29, 0.717) is 28.8 Å². The summed E-state index contributed by atoms with van der Waals surface area (Å²) in [4.78, 5) is 8.21. The lowest BCUT2D eigenvalue weighted by Gasteiger charge is -2.10. The fraction of sp³-hybridized carbons (Fsp3) is 0.231. The minimum atomic E-state index is 0.254. The van der Waals surface area contributed by atoms with Gasteiger partial charge in [0, 0.05) is 37.1 Å².